The predicted molar refractivity (Wildman–Crippen MR) is 97.5 cm³/mol. The predicted octanol–water partition coefficient (Wildman–Crippen LogP) is 2.96. The fraction of sp³-hybridized carbons (Fsp3) is 0.529. The molecule has 142 valence electrons. The summed E-state index contributed by atoms with van der Waals surface area (Å²) in [6, 6.07) is 3.05. The molecular weight excluding hydrogens is 356 g/mol. The van der Waals surface area contributed by atoms with E-state index in [-0.39, 0.29) is 18.4 Å². The molecule has 1 unspecified atom stereocenters. The highest BCUT2D eigenvalue weighted by Crippen LogP contribution is 2.21. The SMILES string of the molecule is CC(C)C(NC(=O)OC(C)(C)C)C(=O)NCc1nc(-c2cccs2)no1. The van der Waals surface area contributed by atoms with Gasteiger partial charge in [0.25, 0.3) is 0 Å². The molecular formula is C17H24N4O4S. The highest BCUT2D eigenvalue weighted by molar-refractivity contribution is 7.13. The molecule has 0 aromatic carbocycles. The van der Waals surface area contributed by atoms with Crippen LogP contribution in [0.15, 0.2) is 22.0 Å². The van der Waals surface area contributed by atoms with E-state index in [0.717, 1.165) is 4.88 Å². The van der Waals surface area contributed by atoms with Crippen molar-refractivity contribution in [3.05, 3.63) is 23.4 Å². The lowest BCUT2D eigenvalue weighted by Crippen LogP contribution is -2.50. The van der Waals surface area contributed by atoms with Crippen LogP contribution in [0.2, 0.25) is 0 Å². The highest BCUT2D eigenvalue weighted by Gasteiger charge is 2.27. The second-order valence-corrected chi connectivity index (χ2v) is 8.02. The van der Waals surface area contributed by atoms with Crippen molar-refractivity contribution in [2.45, 2.75) is 52.8 Å². The third kappa shape index (κ3) is 5.83. The van der Waals surface area contributed by atoms with Crippen molar-refractivity contribution >= 4 is 23.3 Å². The number of carbonyl (C=O) groups is 2. The Hall–Kier alpha value is -2.42. The summed E-state index contributed by atoms with van der Waals surface area (Å²) < 4.78 is 10.4. The molecule has 0 saturated carbocycles. The number of thiophene rings is 1. The second-order valence-electron chi connectivity index (χ2n) is 7.07. The molecule has 2 aromatic rings. The average Bonchev–Trinajstić information content (AvgIpc) is 3.18. The van der Waals surface area contributed by atoms with Gasteiger partial charge in [0, 0.05) is 0 Å². The van der Waals surface area contributed by atoms with Crippen LogP contribution < -0.4 is 10.6 Å². The number of alkyl carbamates (subject to hydrolysis) is 1. The summed E-state index contributed by atoms with van der Waals surface area (Å²) in [4.78, 5) is 29.5. The van der Waals surface area contributed by atoms with Gasteiger partial charge in [0.15, 0.2) is 0 Å². The molecule has 0 spiro atoms. The molecule has 2 rings (SSSR count). The molecule has 26 heavy (non-hydrogen) atoms. The number of hydrogen-bond acceptors (Lipinski definition) is 7. The quantitative estimate of drug-likeness (QED) is 0.798. The summed E-state index contributed by atoms with van der Waals surface area (Å²) in [5.74, 6) is 0.312. The Labute approximate surface area is 156 Å². The van der Waals surface area contributed by atoms with Crippen LogP contribution in [-0.4, -0.2) is 33.8 Å². The number of hydrogen-bond donors (Lipinski definition) is 2. The van der Waals surface area contributed by atoms with Crippen molar-refractivity contribution in [3.63, 3.8) is 0 Å². The van der Waals surface area contributed by atoms with E-state index in [2.05, 4.69) is 20.8 Å². The summed E-state index contributed by atoms with van der Waals surface area (Å²) in [6.45, 7) is 9.04. The monoisotopic (exact) mass is 380 g/mol. The van der Waals surface area contributed by atoms with Crippen LogP contribution in [-0.2, 0) is 16.1 Å². The molecule has 2 heterocycles. The number of carbonyl (C=O) groups excluding carboxylic acids is 2. The maximum Gasteiger partial charge on any atom is 0.408 e. The van der Waals surface area contributed by atoms with Crippen LogP contribution in [0.1, 0.15) is 40.5 Å². The first-order chi connectivity index (χ1) is 12.2. The topological polar surface area (TPSA) is 106 Å². The summed E-state index contributed by atoms with van der Waals surface area (Å²) in [6.07, 6.45) is -0.635. The molecule has 0 saturated heterocycles. The Morgan fingerprint density at radius 3 is 2.65 bits per heavy atom. The van der Waals surface area contributed by atoms with Gasteiger partial charge < -0.3 is 19.9 Å². The Balaban J connectivity index is 1.92. The van der Waals surface area contributed by atoms with Gasteiger partial charge in [0.05, 0.1) is 11.4 Å². The maximum atomic E-state index is 12.4. The normalized spacial score (nSPS) is 12.7. The van der Waals surface area contributed by atoms with Crippen molar-refractivity contribution in [2.24, 2.45) is 5.92 Å². The van der Waals surface area contributed by atoms with Gasteiger partial charge in [-0.25, -0.2) is 4.79 Å². The van der Waals surface area contributed by atoms with Crippen molar-refractivity contribution in [1.82, 2.24) is 20.8 Å². The summed E-state index contributed by atoms with van der Waals surface area (Å²) in [7, 11) is 0. The molecule has 1 atom stereocenters. The van der Waals surface area contributed by atoms with Crippen LogP contribution in [0.4, 0.5) is 4.79 Å². The molecule has 2 aromatic heterocycles. The molecule has 0 fully saturated rings. The van der Waals surface area contributed by atoms with E-state index >= 15 is 0 Å². The lowest BCUT2D eigenvalue weighted by molar-refractivity contribution is -0.124. The van der Waals surface area contributed by atoms with Gasteiger partial charge in [-0.2, -0.15) is 4.98 Å². The molecule has 0 radical (unpaired) electrons. The molecule has 9 heteroatoms. The molecule has 8 nitrogen and oxygen atoms in total. The first-order valence-corrected chi connectivity index (χ1v) is 9.17. The Bertz CT molecular complexity index is 734. The minimum Gasteiger partial charge on any atom is -0.444 e. The number of ether oxygens (including phenoxy) is 1. The fourth-order valence-corrected chi connectivity index (χ4v) is 2.72. The Kier molecular flexibility index (Phi) is 6.36. The van der Waals surface area contributed by atoms with E-state index in [4.69, 9.17) is 9.26 Å². The van der Waals surface area contributed by atoms with Gasteiger partial charge in [-0.3, -0.25) is 4.79 Å². The van der Waals surface area contributed by atoms with Gasteiger partial charge in [0.2, 0.25) is 17.6 Å². The molecule has 0 aliphatic heterocycles. The first-order valence-electron chi connectivity index (χ1n) is 8.29. The third-order valence-corrected chi connectivity index (χ3v) is 4.11. The third-order valence-electron chi connectivity index (χ3n) is 3.24. The van der Waals surface area contributed by atoms with Gasteiger partial charge in [-0.1, -0.05) is 25.1 Å². The second kappa shape index (κ2) is 8.31. The van der Waals surface area contributed by atoms with E-state index in [1.807, 2.05) is 31.4 Å². The van der Waals surface area contributed by atoms with Crippen molar-refractivity contribution in [1.29, 1.82) is 0 Å². The minimum atomic E-state index is -0.732. The van der Waals surface area contributed by atoms with Crippen molar-refractivity contribution < 1.29 is 18.8 Å². The molecule has 0 aliphatic rings. The standard InChI is InChI=1S/C17H24N4O4S/c1-10(2)13(20-16(23)24-17(3,4)5)15(22)18-9-12-19-14(21-25-12)11-7-6-8-26-11/h6-8,10,13H,9H2,1-5H3,(H,18,22)(H,20,23). The van der Waals surface area contributed by atoms with Crippen LogP contribution in [0, 0.1) is 5.92 Å². The zero-order valence-corrected chi connectivity index (χ0v) is 16.3. The average molecular weight is 380 g/mol. The summed E-state index contributed by atoms with van der Waals surface area (Å²) >= 11 is 1.50. The first kappa shape index (κ1) is 19.9. The van der Waals surface area contributed by atoms with Gasteiger partial charge in [-0.05, 0) is 38.1 Å². The number of nitrogens with one attached hydrogen (secondary N) is 2. The number of nitrogens with zero attached hydrogens (tertiary/aromatic N) is 2. The van der Waals surface area contributed by atoms with Crippen molar-refractivity contribution in [2.75, 3.05) is 0 Å². The maximum absolute atomic E-state index is 12.4. The van der Waals surface area contributed by atoms with Gasteiger partial charge in [-0.15, -0.1) is 11.3 Å². The summed E-state index contributed by atoms with van der Waals surface area (Å²) in [5, 5.41) is 11.1. The van der Waals surface area contributed by atoms with Crippen LogP contribution in [0.3, 0.4) is 0 Å². The number of rotatable bonds is 6. The Morgan fingerprint density at radius 2 is 2.08 bits per heavy atom. The van der Waals surface area contributed by atoms with Gasteiger partial charge in [0.1, 0.15) is 11.6 Å². The lowest BCUT2D eigenvalue weighted by Gasteiger charge is -2.25. The highest BCUT2D eigenvalue weighted by atomic mass is 32.1. The zero-order valence-electron chi connectivity index (χ0n) is 15.5. The number of aromatic nitrogens is 2. The van der Waals surface area contributed by atoms with Crippen molar-refractivity contribution in [3.8, 4) is 10.7 Å². The molecule has 2 amide bonds. The van der Waals surface area contributed by atoms with Crippen LogP contribution in [0.25, 0.3) is 10.7 Å². The smallest absolute Gasteiger partial charge is 0.408 e. The van der Waals surface area contributed by atoms with E-state index in [9.17, 15) is 9.59 Å². The van der Waals surface area contributed by atoms with Crippen LogP contribution in [0.5, 0.6) is 0 Å². The lowest BCUT2D eigenvalue weighted by atomic mass is 10.0. The number of amides is 2. The van der Waals surface area contributed by atoms with Crippen LogP contribution >= 0.6 is 11.3 Å². The fourth-order valence-electron chi connectivity index (χ4n) is 2.07. The van der Waals surface area contributed by atoms with E-state index < -0.39 is 17.7 Å². The van der Waals surface area contributed by atoms with E-state index in [0.29, 0.717) is 11.7 Å². The van der Waals surface area contributed by atoms with Gasteiger partial charge >= 0.3 is 6.09 Å². The van der Waals surface area contributed by atoms with E-state index in [1.54, 1.807) is 20.8 Å². The summed E-state index contributed by atoms with van der Waals surface area (Å²) in [5.41, 5.74) is -0.635. The molecule has 0 bridgehead atoms. The van der Waals surface area contributed by atoms with E-state index in [1.165, 1.54) is 11.3 Å². The Morgan fingerprint density at radius 1 is 1.35 bits per heavy atom. The zero-order chi connectivity index (χ0) is 19.3. The largest absolute Gasteiger partial charge is 0.444 e. The molecule has 2 N–H and O–H groups in total. The molecule has 0 aliphatic carbocycles. The minimum absolute atomic E-state index is 0.0798.